The molecule has 0 aromatic carbocycles. The Morgan fingerprint density at radius 1 is 0.141 bits per heavy atom. The van der Waals surface area contributed by atoms with E-state index in [1.807, 2.05) is 0 Å². The summed E-state index contributed by atoms with van der Waals surface area (Å²) < 4.78 is 0. The van der Waals surface area contributed by atoms with Gasteiger partial charge in [-0.2, -0.15) is 0 Å². The van der Waals surface area contributed by atoms with Crippen LogP contribution in [-0.4, -0.2) is 23.0 Å². The van der Waals surface area contributed by atoms with Gasteiger partial charge in [0.1, 0.15) is 0 Å². The molecule has 17 saturated carbocycles. The van der Waals surface area contributed by atoms with Crippen molar-refractivity contribution < 1.29 is 0 Å². The van der Waals surface area contributed by atoms with Crippen molar-refractivity contribution >= 4 is 0 Å². The van der Waals surface area contributed by atoms with E-state index < -0.39 is 0 Å². The summed E-state index contributed by atoms with van der Waals surface area (Å²) in [6, 6.07) is 2.81. The van der Waals surface area contributed by atoms with E-state index in [0.29, 0.717) is 0 Å². The molecule has 24 atom stereocenters. The summed E-state index contributed by atoms with van der Waals surface area (Å²) in [5.41, 5.74) is 0. The Morgan fingerprint density at radius 2 is 0.394 bits per heavy atom. The Hall–Kier alpha value is -0.0400. The van der Waals surface area contributed by atoms with Crippen molar-refractivity contribution in [3.8, 4) is 0 Å². The highest BCUT2D eigenvalue weighted by Crippen LogP contribution is 2.80. The maximum Gasteiger partial charge on any atom is 0.0101 e. The molecule has 0 spiro atoms. The minimum absolute atomic E-state index is 0.933. The Balaban J connectivity index is 0.771. The topological polar surface area (TPSA) is 3.24 Å². The van der Waals surface area contributed by atoms with Crippen LogP contribution in [0.15, 0.2) is 0 Å². The SMILES string of the molecule is C1CCC(C2C3C4CCC5C6CCCC7CCCC(C8CCC(C4C58)C3C(C3CCC(N(C4CCCCC4)C4CCCCC4)CC3)C3C4CCC5C8CCCC9CCCC(C%10CCC(C4C%105)C23)C98)C76)CC1. The number of hydrogen-bond donors (Lipinski definition) is 0. The van der Waals surface area contributed by atoms with Crippen molar-refractivity contribution in [2.24, 2.45) is 166 Å². The highest BCUT2D eigenvalue weighted by molar-refractivity contribution is 5.23. The molecule has 17 rings (SSSR count). The normalized spacial score (nSPS) is 58.4. The molecule has 0 aromatic rings. The fourth-order valence-corrected chi connectivity index (χ4v) is 30.8. The third kappa shape index (κ3) is 6.80. The maximum atomic E-state index is 3.38. The summed E-state index contributed by atoms with van der Waals surface area (Å²) in [6.45, 7) is 0. The highest BCUT2D eigenvalue weighted by Gasteiger charge is 2.75. The van der Waals surface area contributed by atoms with Crippen LogP contribution in [0.2, 0.25) is 0 Å². The summed E-state index contributed by atoms with van der Waals surface area (Å²) in [6.07, 6.45) is 63.4. The zero-order valence-electron chi connectivity index (χ0n) is 45.9. The Bertz CT molecular complexity index is 1740. The lowest BCUT2D eigenvalue weighted by Gasteiger charge is -2.64. The first-order valence-corrected chi connectivity index (χ1v) is 35.1. The number of fused-ring (bicyclic) bond motifs is 10. The van der Waals surface area contributed by atoms with Gasteiger partial charge in [0.2, 0.25) is 0 Å². The maximum absolute atomic E-state index is 3.38. The molecular formula is C70H109N. The van der Waals surface area contributed by atoms with Crippen molar-refractivity contribution in [1.82, 2.24) is 4.90 Å². The molecule has 1 nitrogen and oxygen atoms in total. The van der Waals surface area contributed by atoms with E-state index in [4.69, 9.17) is 0 Å². The lowest BCUT2D eigenvalue weighted by atomic mass is 9.40. The number of rotatable bonds is 5. The third-order valence-corrected chi connectivity index (χ3v) is 31.4. The second-order valence-electron chi connectivity index (χ2n) is 32.4. The molecule has 0 aromatic heterocycles. The Labute approximate surface area is 437 Å². The van der Waals surface area contributed by atoms with Gasteiger partial charge in [0.05, 0.1) is 0 Å². The average molecular weight is 965 g/mol. The Kier molecular flexibility index (Phi) is 11.8. The summed E-state index contributed by atoms with van der Waals surface area (Å²) >= 11 is 0. The van der Waals surface area contributed by atoms with E-state index in [2.05, 4.69) is 4.90 Å². The Morgan fingerprint density at radius 3 is 0.761 bits per heavy atom. The van der Waals surface area contributed by atoms with Crippen LogP contribution in [0.3, 0.4) is 0 Å². The molecule has 0 N–H and O–H groups in total. The van der Waals surface area contributed by atoms with Crippen LogP contribution in [0.1, 0.15) is 250 Å². The van der Waals surface area contributed by atoms with E-state index >= 15 is 0 Å². The summed E-state index contributed by atoms with van der Waals surface area (Å²) in [5, 5.41) is 0. The first kappa shape index (κ1) is 45.9. The van der Waals surface area contributed by atoms with Gasteiger partial charge in [-0.05, 0) is 294 Å². The second-order valence-corrected chi connectivity index (χ2v) is 32.4. The molecule has 1 heteroatoms. The van der Waals surface area contributed by atoms with E-state index in [-0.39, 0.29) is 0 Å². The van der Waals surface area contributed by atoms with Crippen LogP contribution in [0.25, 0.3) is 0 Å². The molecule has 17 aliphatic carbocycles. The van der Waals surface area contributed by atoms with Gasteiger partial charge < -0.3 is 0 Å². The van der Waals surface area contributed by atoms with Gasteiger partial charge >= 0.3 is 0 Å². The summed E-state index contributed by atoms with van der Waals surface area (Å²) in [7, 11) is 0. The van der Waals surface area contributed by atoms with Gasteiger partial charge in [0, 0.05) is 18.1 Å². The zero-order chi connectivity index (χ0) is 46.1. The van der Waals surface area contributed by atoms with E-state index in [1.165, 1.54) is 74.0 Å². The van der Waals surface area contributed by atoms with Crippen LogP contribution in [0.4, 0.5) is 0 Å². The molecule has 0 amide bonds. The van der Waals surface area contributed by atoms with Gasteiger partial charge in [0.15, 0.2) is 0 Å². The quantitative estimate of drug-likeness (QED) is 0.265. The van der Waals surface area contributed by atoms with E-state index in [1.54, 1.807) is 212 Å². The second kappa shape index (κ2) is 18.3. The van der Waals surface area contributed by atoms with E-state index in [9.17, 15) is 0 Å². The molecule has 71 heavy (non-hydrogen) atoms. The summed E-state index contributed by atoms with van der Waals surface area (Å²) in [5.74, 6) is 32.2. The lowest BCUT2D eigenvalue weighted by molar-refractivity contribution is -0.160. The lowest BCUT2D eigenvalue weighted by Crippen LogP contribution is -2.58. The molecule has 17 fully saturated rings. The smallest absolute Gasteiger partial charge is 0.0101 e. The molecule has 24 unspecified atom stereocenters. The standard InChI is InChI=1S/C70H109N/c1-4-14-42(15-5-1)61-67-55-36-32-51-47-24-10-16-40-18-12-26-49(59(40)47)53-34-38-57(65(55)63(51)53)69(67)62(43-28-30-46(31-29-43)71(44-20-6-2-7-21-44)45-22-8-3-9-23-45)70-58-39-35-54-50-27-13-19-41-17-11-25-48(60(41)50)52-33-37-56(68(61)70)66(58)64(52)54/h40-70H,1-39H2. The van der Waals surface area contributed by atoms with Gasteiger partial charge in [-0.25, -0.2) is 0 Å². The average Bonchev–Trinajstić information content (AvgIpc) is 3.95. The fourth-order valence-electron chi connectivity index (χ4n) is 30.8. The third-order valence-electron chi connectivity index (χ3n) is 31.4. The number of nitrogens with zero attached hydrogens (tertiary/aromatic N) is 1. The molecule has 394 valence electrons. The first-order chi connectivity index (χ1) is 35.3. The predicted octanol–water partition coefficient (Wildman–Crippen LogP) is 18.1. The van der Waals surface area contributed by atoms with Gasteiger partial charge in [-0.1, -0.05) is 122 Å². The minimum Gasteiger partial charge on any atom is -0.294 e. The van der Waals surface area contributed by atoms with Crippen molar-refractivity contribution in [3.63, 3.8) is 0 Å². The van der Waals surface area contributed by atoms with Crippen LogP contribution < -0.4 is 0 Å². The molecule has 17 aliphatic rings. The molecule has 0 heterocycles. The van der Waals surface area contributed by atoms with E-state index in [0.717, 1.165) is 148 Å². The molecular weight excluding hydrogens is 855 g/mol. The zero-order valence-corrected chi connectivity index (χ0v) is 45.9. The van der Waals surface area contributed by atoms with Crippen molar-refractivity contribution in [2.45, 2.75) is 269 Å². The van der Waals surface area contributed by atoms with Gasteiger partial charge in [-0.15, -0.1) is 0 Å². The minimum atomic E-state index is 0.933. The van der Waals surface area contributed by atoms with Crippen molar-refractivity contribution in [1.29, 1.82) is 0 Å². The molecule has 0 radical (unpaired) electrons. The fraction of sp³-hybridized carbons (Fsp3) is 1.00. The van der Waals surface area contributed by atoms with Gasteiger partial charge in [-0.3, -0.25) is 4.90 Å². The predicted molar refractivity (Wildman–Crippen MR) is 291 cm³/mol. The molecule has 0 saturated heterocycles. The van der Waals surface area contributed by atoms with Crippen LogP contribution >= 0.6 is 0 Å². The van der Waals surface area contributed by atoms with Gasteiger partial charge in [0.25, 0.3) is 0 Å². The van der Waals surface area contributed by atoms with Crippen LogP contribution in [-0.2, 0) is 0 Å². The van der Waals surface area contributed by atoms with Crippen molar-refractivity contribution in [2.75, 3.05) is 0 Å². The van der Waals surface area contributed by atoms with Crippen molar-refractivity contribution in [3.05, 3.63) is 0 Å². The van der Waals surface area contributed by atoms with Crippen LogP contribution in [0.5, 0.6) is 0 Å². The highest BCUT2D eigenvalue weighted by atomic mass is 15.2. The molecule has 0 bridgehead atoms. The first-order valence-electron chi connectivity index (χ1n) is 35.1. The molecule has 0 aliphatic heterocycles. The summed E-state index contributed by atoms with van der Waals surface area (Å²) in [4.78, 5) is 3.38. The number of hydrogen-bond acceptors (Lipinski definition) is 1. The monoisotopic (exact) mass is 964 g/mol. The largest absolute Gasteiger partial charge is 0.294 e. The van der Waals surface area contributed by atoms with Crippen LogP contribution in [0, 0.1) is 166 Å².